The van der Waals surface area contributed by atoms with Gasteiger partial charge in [-0.05, 0) is 44.0 Å². The molecule has 1 aromatic carbocycles. The van der Waals surface area contributed by atoms with Crippen molar-refractivity contribution in [2.24, 2.45) is 0 Å². The van der Waals surface area contributed by atoms with Crippen molar-refractivity contribution in [2.75, 3.05) is 7.11 Å². The molecule has 0 saturated carbocycles. The van der Waals surface area contributed by atoms with Gasteiger partial charge in [0.05, 0.1) is 12.5 Å². The Morgan fingerprint density at radius 2 is 2.12 bits per heavy atom. The summed E-state index contributed by atoms with van der Waals surface area (Å²) in [5.41, 5.74) is 2.42. The van der Waals surface area contributed by atoms with Crippen LogP contribution in [0.4, 0.5) is 0 Å². The molecule has 26 heavy (non-hydrogen) atoms. The van der Waals surface area contributed by atoms with Crippen molar-refractivity contribution >= 4 is 39.3 Å². The van der Waals surface area contributed by atoms with Gasteiger partial charge in [0, 0.05) is 10.9 Å². The van der Waals surface area contributed by atoms with E-state index in [4.69, 9.17) is 4.74 Å². The maximum Gasteiger partial charge on any atom is 0.319 e. The summed E-state index contributed by atoms with van der Waals surface area (Å²) in [6.07, 6.45) is 0. The number of aliphatic carboxylic acids is 1. The molecule has 0 atom stereocenters. The molecule has 0 bridgehead atoms. The van der Waals surface area contributed by atoms with Crippen LogP contribution in [0.3, 0.4) is 0 Å². The molecule has 0 aliphatic rings. The average Bonchev–Trinajstić information content (AvgIpc) is 2.98. The normalized spacial score (nSPS) is 11.7. The number of aromatic amines is 1. The number of nitrogens with one attached hydrogen (secondary N) is 1. The van der Waals surface area contributed by atoms with Crippen molar-refractivity contribution in [1.29, 1.82) is 0 Å². The van der Waals surface area contributed by atoms with Crippen LogP contribution in [0.5, 0.6) is 5.75 Å². The molecule has 136 valence electrons. The van der Waals surface area contributed by atoms with Gasteiger partial charge in [0.25, 0.3) is 5.56 Å². The van der Waals surface area contributed by atoms with E-state index in [0.29, 0.717) is 15.4 Å². The third-order valence-electron chi connectivity index (χ3n) is 3.99. The molecule has 2 aromatic heterocycles. The SMILES string of the molecule is COc1ccc(-c2csc3nc(SC(C)(C)C(=O)O)[nH]c(=O)c23)cc1C. The third kappa shape index (κ3) is 3.34. The Morgan fingerprint density at radius 1 is 1.38 bits per heavy atom. The maximum atomic E-state index is 12.6. The summed E-state index contributed by atoms with van der Waals surface area (Å²) in [7, 11) is 1.62. The molecule has 8 heteroatoms. The number of ether oxygens (including phenoxy) is 1. The molecule has 2 heterocycles. The summed E-state index contributed by atoms with van der Waals surface area (Å²) in [4.78, 5) is 31.7. The molecular formula is C18H18N2O4S2. The van der Waals surface area contributed by atoms with Crippen LogP contribution < -0.4 is 10.3 Å². The van der Waals surface area contributed by atoms with Gasteiger partial charge in [0.15, 0.2) is 5.16 Å². The number of methoxy groups -OCH3 is 1. The number of hydrogen-bond acceptors (Lipinski definition) is 6. The molecule has 0 spiro atoms. The topological polar surface area (TPSA) is 92.3 Å². The van der Waals surface area contributed by atoms with Gasteiger partial charge in [-0.3, -0.25) is 9.59 Å². The van der Waals surface area contributed by atoms with Crippen LogP contribution in [0.15, 0.2) is 33.5 Å². The quantitative estimate of drug-likeness (QED) is 0.507. The Kier molecular flexibility index (Phi) is 4.81. The highest BCUT2D eigenvalue weighted by Gasteiger charge is 2.30. The number of aryl methyl sites for hydroxylation is 1. The number of H-pyrrole nitrogens is 1. The summed E-state index contributed by atoms with van der Waals surface area (Å²) in [5.74, 6) is -0.180. The molecule has 0 saturated heterocycles. The first-order valence-electron chi connectivity index (χ1n) is 7.82. The van der Waals surface area contributed by atoms with Gasteiger partial charge >= 0.3 is 5.97 Å². The van der Waals surface area contributed by atoms with E-state index in [1.165, 1.54) is 11.3 Å². The predicted octanol–water partition coefficient (Wildman–Crippen LogP) is 3.92. The number of benzene rings is 1. The van der Waals surface area contributed by atoms with Gasteiger partial charge in [0.1, 0.15) is 15.3 Å². The van der Waals surface area contributed by atoms with E-state index >= 15 is 0 Å². The first-order chi connectivity index (χ1) is 12.2. The molecule has 6 nitrogen and oxygen atoms in total. The molecular weight excluding hydrogens is 372 g/mol. The number of carboxylic acids is 1. The van der Waals surface area contributed by atoms with Crippen LogP contribution in [0, 0.1) is 6.92 Å². The highest BCUT2D eigenvalue weighted by Crippen LogP contribution is 2.35. The third-order valence-corrected chi connectivity index (χ3v) is 5.94. The monoisotopic (exact) mass is 390 g/mol. The summed E-state index contributed by atoms with van der Waals surface area (Å²) in [5, 5.41) is 12.0. The summed E-state index contributed by atoms with van der Waals surface area (Å²) >= 11 is 2.38. The highest BCUT2D eigenvalue weighted by atomic mass is 32.2. The predicted molar refractivity (Wildman–Crippen MR) is 105 cm³/mol. The Hall–Kier alpha value is -2.32. The second-order valence-corrected chi connectivity index (χ2v) is 8.77. The Bertz CT molecular complexity index is 1050. The number of carbonyl (C=O) groups is 1. The first-order valence-corrected chi connectivity index (χ1v) is 9.51. The smallest absolute Gasteiger partial charge is 0.319 e. The second-order valence-electron chi connectivity index (χ2n) is 6.30. The number of thioether (sulfide) groups is 1. The number of rotatable bonds is 5. The summed E-state index contributed by atoms with van der Waals surface area (Å²) in [6.45, 7) is 5.09. The number of fused-ring (bicyclic) bond motifs is 1. The number of carboxylic acid groups (broad SMARTS) is 1. The lowest BCUT2D eigenvalue weighted by molar-refractivity contribution is -0.138. The Morgan fingerprint density at radius 3 is 2.73 bits per heavy atom. The van der Waals surface area contributed by atoms with Gasteiger partial charge in [-0.15, -0.1) is 11.3 Å². The van der Waals surface area contributed by atoms with E-state index in [2.05, 4.69) is 9.97 Å². The van der Waals surface area contributed by atoms with E-state index in [-0.39, 0.29) is 5.56 Å². The molecule has 0 fully saturated rings. The van der Waals surface area contributed by atoms with Crippen LogP contribution >= 0.6 is 23.1 Å². The summed E-state index contributed by atoms with van der Waals surface area (Å²) in [6, 6.07) is 5.74. The number of thiophene rings is 1. The van der Waals surface area contributed by atoms with Crippen LogP contribution in [-0.4, -0.2) is 32.9 Å². The van der Waals surface area contributed by atoms with Gasteiger partial charge < -0.3 is 14.8 Å². The average molecular weight is 390 g/mol. The van der Waals surface area contributed by atoms with Gasteiger partial charge in [-0.25, -0.2) is 4.98 Å². The lowest BCUT2D eigenvalue weighted by Crippen LogP contribution is -2.27. The van der Waals surface area contributed by atoms with E-state index in [9.17, 15) is 14.7 Å². The zero-order valence-electron chi connectivity index (χ0n) is 14.7. The van der Waals surface area contributed by atoms with Crippen molar-refractivity contribution in [2.45, 2.75) is 30.7 Å². The fraction of sp³-hybridized carbons (Fsp3) is 0.278. The van der Waals surface area contributed by atoms with E-state index in [1.54, 1.807) is 21.0 Å². The number of nitrogens with zero attached hydrogens (tertiary/aromatic N) is 1. The number of aromatic nitrogens is 2. The van der Waals surface area contributed by atoms with Crippen molar-refractivity contribution in [3.05, 3.63) is 39.5 Å². The fourth-order valence-electron chi connectivity index (χ4n) is 2.52. The molecule has 0 aliphatic carbocycles. The largest absolute Gasteiger partial charge is 0.496 e. The molecule has 3 aromatic rings. The Labute approximate surface area is 158 Å². The zero-order valence-corrected chi connectivity index (χ0v) is 16.4. The maximum absolute atomic E-state index is 12.6. The minimum atomic E-state index is -1.09. The fourth-order valence-corrected chi connectivity index (χ4v) is 4.38. The Balaban J connectivity index is 2.07. The second kappa shape index (κ2) is 6.77. The van der Waals surface area contributed by atoms with Gasteiger partial charge in [-0.2, -0.15) is 0 Å². The molecule has 0 amide bonds. The van der Waals surface area contributed by atoms with E-state index in [1.807, 2.05) is 30.5 Å². The summed E-state index contributed by atoms with van der Waals surface area (Å²) < 4.78 is 4.20. The number of hydrogen-bond donors (Lipinski definition) is 2. The standard InChI is InChI=1S/C18H18N2O4S2/c1-9-7-10(5-6-12(9)24-4)11-8-25-15-13(11)14(21)19-17(20-15)26-18(2,3)16(22)23/h5-8H,1-4H3,(H,22,23)(H,19,20,21). The molecule has 0 aliphatic heterocycles. The van der Waals surface area contributed by atoms with Crippen LogP contribution in [0.25, 0.3) is 21.3 Å². The van der Waals surface area contributed by atoms with Gasteiger partial charge in [-0.1, -0.05) is 17.8 Å². The minimum absolute atomic E-state index is 0.275. The molecule has 0 radical (unpaired) electrons. The van der Waals surface area contributed by atoms with E-state index < -0.39 is 10.7 Å². The van der Waals surface area contributed by atoms with Crippen LogP contribution in [0.1, 0.15) is 19.4 Å². The molecule has 2 N–H and O–H groups in total. The molecule has 0 unspecified atom stereocenters. The minimum Gasteiger partial charge on any atom is -0.496 e. The van der Waals surface area contributed by atoms with Gasteiger partial charge in [0.2, 0.25) is 0 Å². The van der Waals surface area contributed by atoms with Crippen molar-refractivity contribution in [1.82, 2.24) is 9.97 Å². The van der Waals surface area contributed by atoms with Crippen molar-refractivity contribution in [3.63, 3.8) is 0 Å². The lowest BCUT2D eigenvalue weighted by Gasteiger charge is -2.17. The van der Waals surface area contributed by atoms with Crippen molar-refractivity contribution < 1.29 is 14.6 Å². The first kappa shape index (κ1) is 18.5. The zero-order chi connectivity index (χ0) is 19.1. The lowest BCUT2D eigenvalue weighted by atomic mass is 10.0. The van der Waals surface area contributed by atoms with Crippen molar-refractivity contribution in [3.8, 4) is 16.9 Å². The highest BCUT2D eigenvalue weighted by molar-refractivity contribution is 8.01. The van der Waals surface area contributed by atoms with Crippen LogP contribution in [-0.2, 0) is 4.79 Å². The van der Waals surface area contributed by atoms with Crippen LogP contribution in [0.2, 0.25) is 0 Å². The van der Waals surface area contributed by atoms with E-state index in [0.717, 1.165) is 34.2 Å². The molecule has 3 rings (SSSR count).